The van der Waals surface area contributed by atoms with E-state index in [9.17, 15) is 15.0 Å². The molecule has 0 spiro atoms. The SMILES string of the molecule is O=C(N[C@H]1CCNC1)c1cccc(O)c1O. The van der Waals surface area contributed by atoms with Gasteiger partial charge in [-0.2, -0.15) is 0 Å². The van der Waals surface area contributed by atoms with E-state index in [-0.39, 0.29) is 29.0 Å². The number of hydrogen-bond acceptors (Lipinski definition) is 4. The Morgan fingerprint density at radius 3 is 2.94 bits per heavy atom. The van der Waals surface area contributed by atoms with Crippen LogP contribution in [0, 0.1) is 0 Å². The maximum Gasteiger partial charge on any atom is 0.255 e. The molecule has 1 fully saturated rings. The molecule has 2 rings (SSSR count). The Morgan fingerprint density at radius 2 is 2.25 bits per heavy atom. The van der Waals surface area contributed by atoms with Crippen molar-refractivity contribution >= 4 is 5.91 Å². The second-order valence-corrected chi connectivity index (χ2v) is 3.84. The van der Waals surface area contributed by atoms with E-state index in [2.05, 4.69) is 10.6 Å². The fourth-order valence-corrected chi connectivity index (χ4v) is 1.76. The molecule has 1 aromatic rings. The number of rotatable bonds is 2. The Labute approximate surface area is 93.1 Å². The van der Waals surface area contributed by atoms with E-state index in [1.54, 1.807) is 0 Å². The normalized spacial score (nSPS) is 19.6. The molecule has 5 nitrogen and oxygen atoms in total. The topological polar surface area (TPSA) is 81.6 Å². The van der Waals surface area contributed by atoms with E-state index in [0.29, 0.717) is 0 Å². The first kappa shape index (κ1) is 10.8. The number of phenolic OH excluding ortho intramolecular Hbond substituents is 2. The quantitative estimate of drug-likeness (QED) is 0.538. The molecule has 1 atom stereocenters. The molecule has 1 amide bonds. The third-order valence-electron chi connectivity index (χ3n) is 2.65. The van der Waals surface area contributed by atoms with Crippen LogP contribution in [0.5, 0.6) is 11.5 Å². The predicted octanol–water partition coefficient (Wildman–Crippen LogP) is 0.189. The van der Waals surface area contributed by atoms with Gasteiger partial charge in [0.05, 0.1) is 5.56 Å². The maximum absolute atomic E-state index is 11.8. The summed E-state index contributed by atoms with van der Waals surface area (Å²) in [5.74, 6) is -1.01. The van der Waals surface area contributed by atoms with Crippen LogP contribution in [0.15, 0.2) is 18.2 Å². The van der Waals surface area contributed by atoms with Crippen molar-refractivity contribution < 1.29 is 15.0 Å². The molecule has 86 valence electrons. The van der Waals surface area contributed by atoms with Crippen LogP contribution < -0.4 is 10.6 Å². The zero-order valence-electron chi connectivity index (χ0n) is 8.73. The Hall–Kier alpha value is -1.75. The van der Waals surface area contributed by atoms with Crippen molar-refractivity contribution in [1.82, 2.24) is 10.6 Å². The van der Waals surface area contributed by atoms with Gasteiger partial charge in [0, 0.05) is 12.6 Å². The number of amides is 1. The van der Waals surface area contributed by atoms with Crippen molar-refractivity contribution in [3.05, 3.63) is 23.8 Å². The second-order valence-electron chi connectivity index (χ2n) is 3.84. The van der Waals surface area contributed by atoms with E-state index < -0.39 is 0 Å². The lowest BCUT2D eigenvalue weighted by Gasteiger charge is -2.12. The molecule has 0 radical (unpaired) electrons. The minimum Gasteiger partial charge on any atom is -0.504 e. The maximum atomic E-state index is 11.8. The average Bonchev–Trinajstić information content (AvgIpc) is 2.74. The Kier molecular flexibility index (Phi) is 2.96. The molecule has 4 N–H and O–H groups in total. The van der Waals surface area contributed by atoms with Crippen molar-refractivity contribution in [3.63, 3.8) is 0 Å². The Balaban J connectivity index is 2.11. The van der Waals surface area contributed by atoms with E-state index >= 15 is 0 Å². The third-order valence-corrected chi connectivity index (χ3v) is 2.65. The monoisotopic (exact) mass is 222 g/mol. The molecule has 1 aromatic carbocycles. The fraction of sp³-hybridized carbons (Fsp3) is 0.364. The highest BCUT2D eigenvalue weighted by atomic mass is 16.3. The first-order valence-electron chi connectivity index (χ1n) is 5.21. The van der Waals surface area contributed by atoms with Gasteiger partial charge in [-0.25, -0.2) is 0 Å². The van der Waals surface area contributed by atoms with Gasteiger partial charge in [0.25, 0.3) is 5.91 Å². The van der Waals surface area contributed by atoms with Crippen LogP contribution in [0.1, 0.15) is 16.8 Å². The van der Waals surface area contributed by atoms with Crippen LogP contribution in [-0.4, -0.2) is 35.3 Å². The summed E-state index contributed by atoms with van der Waals surface area (Å²) in [5, 5.41) is 24.7. The van der Waals surface area contributed by atoms with Crippen molar-refractivity contribution in [2.75, 3.05) is 13.1 Å². The van der Waals surface area contributed by atoms with Crippen molar-refractivity contribution in [1.29, 1.82) is 0 Å². The molecule has 1 heterocycles. The molecule has 0 unspecified atom stereocenters. The first-order chi connectivity index (χ1) is 7.68. The highest BCUT2D eigenvalue weighted by Gasteiger charge is 2.20. The minimum absolute atomic E-state index is 0.0919. The van der Waals surface area contributed by atoms with Crippen molar-refractivity contribution in [2.45, 2.75) is 12.5 Å². The molecule has 0 aromatic heterocycles. The van der Waals surface area contributed by atoms with Crippen LogP contribution in [-0.2, 0) is 0 Å². The summed E-state index contributed by atoms with van der Waals surface area (Å²) < 4.78 is 0. The van der Waals surface area contributed by atoms with E-state index in [4.69, 9.17) is 0 Å². The lowest BCUT2D eigenvalue weighted by molar-refractivity contribution is 0.0936. The summed E-state index contributed by atoms with van der Waals surface area (Å²) in [7, 11) is 0. The summed E-state index contributed by atoms with van der Waals surface area (Å²) in [6.07, 6.45) is 0.880. The molecular formula is C11H14N2O3. The van der Waals surface area contributed by atoms with Gasteiger partial charge in [-0.05, 0) is 25.1 Å². The van der Waals surface area contributed by atoms with E-state index in [1.807, 2.05) is 0 Å². The lowest BCUT2D eigenvalue weighted by atomic mass is 10.1. The molecule has 5 heteroatoms. The summed E-state index contributed by atoms with van der Waals surface area (Å²) in [6.45, 7) is 1.63. The van der Waals surface area contributed by atoms with E-state index in [1.165, 1.54) is 18.2 Å². The van der Waals surface area contributed by atoms with Crippen molar-refractivity contribution in [3.8, 4) is 11.5 Å². The summed E-state index contributed by atoms with van der Waals surface area (Å²) in [6, 6.07) is 4.43. The zero-order chi connectivity index (χ0) is 11.5. The third kappa shape index (κ3) is 2.09. The van der Waals surface area contributed by atoms with Crippen LogP contribution in [0.2, 0.25) is 0 Å². The van der Waals surface area contributed by atoms with E-state index in [0.717, 1.165) is 19.5 Å². The van der Waals surface area contributed by atoms with Crippen LogP contribution in [0.4, 0.5) is 0 Å². The van der Waals surface area contributed by atoms with Crippen molar-refractivity contribution in [2.24, 2.45) is 0 Å². The number of carbonyl (C=O) groups is 1. The number of carbonyl (C=O) groups excluding carboxylic acids is 1. The van der Waals surface area contributed by atoms with Gasteiger partial charge in [-0.15, -0.1) is 0 Å². The molecule has 0 aliphatic carbocycles. The van der Waals surface area contributed by atoms with Gasteiger partial charge in [0.15, 0.2) is 11.5 Å². The highest BCUT2D eigenvalue weighted by Crippen LogP contribution is 2.28. The average molecular weight is 222 g/mol. The number of nitrogens with one attached hydrogen (secondary N) is 2. The zero-order valence-corrected chi connectivity index (χ0v) is 8.73. The van der Waals surface area contributed by atoms with Gasteiger partial charge in [-0.1, -0.05) is 6.07 Å². The lowest BCUT2D eigenvalue weighted by Crippen LogP contribution is -2.36. The first-order valence-corrected chi connectivity index (χ1v) is 5.21. The van der Waals surface area contributed by atoms with Gasteiger partial charge in [0.2, 0.25) is 0 Å². The summed E-state index contributed by atoms with van der Waals surface area (Å²) >= 11 is 0. The molecular weight excluding hydrogens is 208 g/mol. The van der Waals surface area contributed by atoms with Crippen LogP contribution in [0.25, 0.3) is 0 Å². The molecule has 0 saturated carbocycles. The number of phenols is 2. The van der Waals surface area contributed by atoms with Crippen LogP contribution >= 0.6 is 0 Å². The standard InChI is InChI=1S/C11H14N2O3/c14-9-3-1-2-8(10(9)15)11(16)13-7-4-5-12-6-7/h1-3,7,12,14-15H,4-6H2,(H,13,16)/t7-/m0/s1. The molecule has 16 heavy (non-hydrogen) atoms. The second kappa shape index (κ2) is 4.40. The number of hydrogen-bond donors (Lipinski definition) is 4. The number of aromatic hydroxyl groups is 2. The van der Waals surface area contributed by atoms with Gasteiger partial charge < -0.3 is 20.8 Å². The molecule has 1 aliphatic rings. The number of para-hydroxylation sites is 1. The fourth-order valence-electron chi connectivity index (χ4n) is 1.76. The highest BCUT2D eigenvalue weighted by molar-refractivity contribution is 5.97. The molecule has 0 bridgehead atoms. The predicted molar refractivity (Wildman–Crippen MR) is 58.5 cm³/mol. The minimum atomic E-state index is -0.369. The molecule has 1 saturated heterocycles. The van der Waals surface area contributed by atoms with Gasteiger partial charge in [-0.3, -0.25) is 4.79 Å². The summed E-state index contributed by atoms with van der Waals surface area (Å²) in [4.78, 5) is 11.8. The smallest absolute Gasteiger partial charge is 0.255 e. The Bertz CT molecular complexity index is 400. The number of benzene rings is 1. The van der Waals surface area contributed by atoms with Crippen LogP contribution in [0.3, 0.4) is 0 Å². The summed E-state index contributed by atoms with van der Waals surface area (Å²) in [5.41, 5.74) is 0.104. The molecule has 1 aliphatic heterocycles. The van der Waals surface area contributed by atoms with Gasteiger partial charge >= 0.3 is 0 Å². The Morgan fingerprint density at radius 1 is 1.44 bits per heavy atom. The largest absolute Gasteiger partial charge is 0.504 e. The van der Waals surface area contributed by atoms with Gasteiger partial charge in [0.1, 0.15) is 0 Å².